The van der Waals surface area contributed by atoms with Gasteiger partial charge in [0.05, 0.1) is 13.3 Å². The Bertz CT molecular complexity index is 300. The third-order valence-corrected chi connectivity index (χ3v) is 1.41. The van der Waals surface area contributed by atoms with Crippen LogP contribution in [0.5, 0.6) is 5.75 Å². The van der Waals surface area contributed by atoms with Crippen LogP contribution in [-0.2, 0) is 0 Å². The first-order chi connectivity index (χ1) is 6.27. The Morgan fingerprint density at radius 1 is 1.77 bits per heavy atom. The van der Waals surface area contributed by atoms with Gasteiger partial charge < -0.3 is 15.8 Å². The number of anilines is 2. The molecule has 1 aromatic rings. The molecule has 0 radical (unpaired) electrons. The van der Waals surface area contributed by atoms with Gasteiger partial charge in [-0.05, 0) is 0 Å². The predicted molar refractivity (Wildman–Crippen MR) is 51.7 cm³/mol. The monoisotopic (exact) mass is 180 g/mol. The van der Waals surface area contributed by atoms with E-state index in [2.05, 4.69) is 21.9 Å². The molecule has 0 fully saturated rings. The van der Waals surface area contributed by atoms with Crippen molar-refractivity contribution in [2.45, 2.75) is 0 Å². The Morgan fingerprint density at radius 3 is 3.15 bits per heavy atom. The topological polar surface area (TPSA) is 73.1 Å². The molecule has 0 unspecified atom stereocenters. The van der Waals surface area contributed by atoms with Crippen LogP contribution in [0.25, 0.3) is 0 Å². The van der Waals surface area contributed by atoms with E-state index in [9.17, 15) is 0 Å². The Hall–Kier alpha value is -1.78. The Morgan fingerprint density at radius 2 is 2.54 bits per heavy atom. The standard InChI is InChI=1S/C8H12N4O/c1-3-4-10-7-6(13-2)5-11-8(9)12-7/h3,5H,1,4H2,2H3,(H3,9,10,11,12). The van der Waals surface area contributed by atoms with Gasteiger partial charge in [-0.2, -0.15) is 4.98 Å². The lowest BCUT2D eigenvalue weighted by Gasteiger charge is -2.07. The molecule has 0 saturated carbocycles. The van der Waals surface area contributed by atoms with Gasteiger partial charge in [0.2, 0.25) is 5.95 Å². The molecule has 5 nitrogen and oxygen atoms in total. The molecule has 0 amide bonds. The third kappa shape index (κ3) is 2.33. The zero-order valence-electron chi connectivity index (χ0n) is 7.45. The lowest BCUT2D eigenvalue weighted by Crippen LogP contribution is -2.05. The van der Waals surface area contributed by atoms with Gasteiger partial charge in [0.1, 0.15) is 0 Å². The van der Waals surface area contributed by atoms with Crippen molar-refractivity contribution in [3.05, 3.63) is 18.9 Å². The molecule has 0 atom stereocenters. The number of hydrogen-bond acceptors (Lipinski definition) is 5. The third-order valence-electron chi connectivity index (χ3n) is 1.41. The van der Waals surface area contributed by atoms with Gasteiger partial charge in [-0.3, -0.25) is 0 Å². The molecular weight excluding hydrogens is 168 g/mol. The van der Waals surface area contributed by atoms with Crippen molar-refractivity contribution in [1.29, 1.82) is 0 Å². The first kappa shape index (κ1) is 9.31. The largest absolute Gasteiger partial charge is 0.491 e. The second-order valence-electron chi connectivity index (χ2n) is 2.31. The van der Waals surface area contributed by atoms with E-state index < -0.39 is 0 Å². The lowest BCUT2D eigenvalue weighted by molar-refractivity contribution is 0.413. The molecule has 0 aliphatic heterocycles. The van der Waals surface area contributed by atoms with Crippen molar-refractivity contribution in [3.63, 3.8) is 0 Å². The van der Waals surface area contributed by atoms with E-state index in [0.717, 1.165) is 0 Å². The van der Waals surface area contributed by atoms with Gasteiger partial charge in [-0.15, -0.1) is 6.58 Å². The number of nitrogens with two attached hydrogens (primary N) is 1. The van der Waals surface area contributed by atoms with E-state index in [4.69, 9.17) is 10.5 Å². The molecule has 5 heteroatoms. The highest BCUT2D eigenvalue weighted by atomic mass is 16.5. The van der Waals surface area contributed by atoms with E-state index in [1.165, 1.54) is 6.20 Å². The average Bonchev–Trinajstić information content (AvgIpc) is 2.15. The van der Waals surface area contributed by atoms with Gasteiger partial charge in [0, 0.05) is 6.54 Å². The quantitative estimate of drug-likeness (QED) is 0.666. The highest BCUT2D eigenvalue weighted by Gasteiger charge is 2.03. The van der Waals surface area contributed by atoms with Gasteiger partial charge >= 0.3 is 0 Å². The minimum atomic E-state index is 0.215. The fourth-order valence-electron chi connectivity index (χ4n) is 0.829. The second-order valence-corrected chi connectivity index (χ2v) is 2.31. The highest BCUT2D eigenvalue weighted by Crippen LogP contribution is 2.20. The molecule has 0 aromatic carbocycles. The van der Waals surface area contributed by atoms with E-state index >= 15 is 0 Å². The fraction of sp³-hybridized carbons (Fsp3) is 0.250. The molecule has 70 valence electrons. The van der Waals surface area contributed by atoms with Crippen molar-refractivity contribution in [2.24, 2.45) is 0 Å². The van der Waals surface area contributed by atoms with Crippen LogP contribution >= 0.6 is 0 Å². The molecule has 3 N–H and O–H groups in total. The maximum Gasteiger partial charge on any atom is 0.222 e. The van der Waals surface area contributed by atoms with Gasteiger partial charge in [0.15, 0.2) is 11.6 Å². The summed E-state index contributed by atoms with van der Waals surface area (Å²) in [7, 11) is 1.55. The summed E-state index contributed by atoms with van der Waals surface area (Å²) in [4.78, 5) is 7.76. The summed E-state index contributed by atoms with van der Waals surface area (Å²) in [5.41, 5.74) is 5.41. The lowest BCUT2D eigenvalue weighted by atomic mass is 10.5. The first-order valence-corrected chi connectivity index (χ1v) is 3.79. The van der Waals surface area contributed by atoms with Gasteiger partial charge in [0.25, 0.3) is 0 Å². The normalized spacial score (nSPS) is 9.31. The number of aromatic nitrogens is 2. The Kier molecular flexibility index (Phi) is 3.08. The van der Waals surface area contributed by atoms with Crippen molar-refractivity contribution in [2.75, 3.05) is 24.7 Å². The minimum Gasteiger partial charge on any atom is -0.491 e. The molecule has 0 bridgehead atoms. The number of nitrogens with zero attached hydrogens (tertiary/aromatic N) is 2. The second kappa shape index (κ2) is 4.30. The molecule has 0 aliphatic carbocycles. The van der Waals surface area contributed by atoms with Crippen molar-refractivity contribution in [1.82, 2.24) is 9.97 Å². The molecule has 1 heterocycles. The van der Waals surface area contributed by atoms with Crippen molar-refractivity contribution in [3.8, 4) is 5.75 Å². The van der Waals surface area contributed by atoms with Crippen LogP contribution in [0.1, 0.15) is 0 Å². The summed E-state index contributed by atoms with van der Waals surface area (Å²) in [6.45, 7) is 4.18. The fourth-order valence-corrected chi connectivity index (χ4v) is 0.829. The maximum atomic E-state index is 5.41. The zero-order valence-corrected chi connectivity index (χ0v) is 7.45. The summed E-state index contributed by atoms with van der Waals surface area (Å²) in [6, 6.07) is 0. The molecular formula is C8H12N4O. The highest BCUT2D eigenvalue weighted by molar-refractivity contribution is 5.51. The zero-order chi connectivity index (χ0) is 9.68. The molecule has 1 aromatic heterocycles. The van der Waals surface area contributed by atoms with Crippen LogP contribution < -0.4 is 15.8 Å². The van der Waals surface area contributed by atoms with Gasteiger partial charge in [-0.25, -0.2) is 4.98 Å². The molecule has 0 aliphatic rings. The molecule has 0 saturated heterocycles. The van der Waals surface area contributed by atoms with Crippen LogP contribution in [0.3, 0.4) is 0 Å². The van der Waals surface area contributed by atoms with E-state index in [-0.39, 0.29) is 5.95 Å². The molecule has 1 rings (SSSR count). The van der Waals surface area contributed by atoms with E-state index in [0.29, 0.717) is 18.1 Å². The smallest absolute Gasteiger partial charge is 0.222 e. The number of ether oxygens (including phenoxy) is 1. The van der Waals surface area contributed by atoms with E-state index in [1.54, 1.807) is 13.2 Å². The minimum absolute atomic E-state index is 0.215. The van der Waals surface area contributed by atoms with Crippen LogP contribution in [0.15, 0.2) is 18.9 Å². The Labute approximate surface area is 76.6 Å². The Balaban J connectivity index is 2.87. The summed E-state index contributed by atoms with van der Waals surface area (Å²) in [5, 5.41) is 2.98. The molecule has 13 heavy (non-hydrogen) atoms. The van der Waals surface area contributed by atoms with Crippen molar-refractivity contribution >= 4 is 11.8 Å². The predicted octanol–water partition coefficient (Wildman–Crippen LogP) is 0.665. The summed E-state index contributed by atoms with van der Waals surface area (Å²) < 4.78 is 5.02. The number of nitrogens with one attached hydrogen (secondary N) is 1. The maximum absolute atomic E-state index is 5.41. The number of hydrogen-bond donors (Lipinski definition) is 2. The number of methoxy groups -OCH3 is 1. The number of nitrogen functional groups attached to an aromatic ring is 1. The van der Waals surface area contributed by atoms with Crippen LogP contribution in [0.4, 0.5) is 11.8 Å². The summed E-state index contributed by atoms with van der Waals surface area (Å²) in [5.74, 6) is 1.36. The molecule has 0 spiro atoms. The summed E-state index contributed by atoms with van der Waals surface area (Å²) in [6.07, 6.45) is 3.24. The van der Waals surface area contributed by atoms with Crippen LogP contribution in [-0.4, -0.2) is 23.6 Å². The van der Waals surface area contributed by atoms with Crippen LogP contribution in [0.2, 0.25) is 0 Å². The van der Waals surface area contributed by atoms with Crippen molar-refractivity contribution < 1.29 is 4.74 Å². The average molecular weight is 180 g/mol. The first-order valence-electron chi connectivity index (χ1n) is 3.79. The SMILES string of the molecule is C=CCNc1nc(N)ncc1OC. The summed E-state index contributed by atoms with van der Waals surface area (Å²) >= 11 is 0. The van der Waals surface area contributed by atoms with E-state index in [1.807, 2.05) is 0 Å². The van der Waals surface area contributed by atoms with Crippen LogP contribution in [0, 0.1) is 0 Å². The number of rotatable bonds is 4. The van der Waals surface area contributed by atoms with Gasteiger partial charge in [-0.1, -0.05) is 6.08 Å².